The molecule has 0 saturated heterocycles. The number of hydrogen-bond donors (Lipinski definition) is 1. The highest BCUT2D eigenvalue weighted by Crippen LogP contribution is 2.35. The van der Waals surface area contributed by atoms with Gasteiger partial charge in [-0.3, -0.25) is 14.9 Å². The van der Waals surface area contributed by atoms with Gasteiger partial charge < -0.3 is 19.4 Å². The normalized spacial score (nSPS) is 10.4. The molecule has 0 radical (unpaired) electrons. The topological polar surface area (TPSA) is 109 Å². The Kier molecular flexibility index (Phi) is 5.21. The fraction of sp³-hybridized carbons (Fsp3) is 0.111. The summed E-state index contributed by atoms with van der Waals surface area (Å²) in [7, 11) is 2.67. The number of nitro groups is 1. The van der Waals surface area contributed by atoms with Gasteiger partial charge in [-0.05, 0) is 18.2 Å². The first-order chi connectivity index (χ1) is 13.4. The molecule has 1 N–H and O–H groups in total. The summed E-state index contributed by atoms with van der Waals surface area (Å²) in [6, 6.07) is 6.33. The average Bonchev–Trinajstić information content (AvgIpc) is 3.21. The summed E-state index contributed by atoms with van der Waals surface area (Å²) in [5.74, 6) is -1.12. The number of methoxy groups -OCH3 is 2. The van der Waals surface area contributed by atoms with Crippen molar-refractivity contribution in [2.75, 3.05) is 19.5 Å². The predicted octanol–water partition coefficient (Wildman–Crippen LogP) is 3.19. The van der Waals surface area contributed by atoms with Crippen molar-refractivity contribution in [2.24, 2.45) is 0 Å². The summed E-state index contributed by atoms with van der Waals surface area (Å²) in [6.45, 7) is 0. The average molecular weight is 386 g/mol. The number of rotatable bonds is 6. The van der Waals surface area contributed by atoms with E-state index >= 15 is 0 Å². The van der Waals surface area contributed by atoms with E-state index in [-0.39, 0.29) is 28.4 Å². The minimum Gasteiger partial charge on any atom is -0.493 e. The highest BCUT2D eigenvalue weighted by atomic mass is 19.1. The molecule has 144 valence electrons. The molecule has 0 fully saturated rings. The first-order valence-electron chi connectivity index (χ1n) is 7.94. The molecule has 0 aliphatic carbocycles. The van der Waals surface area contributed by atoms with Gasteiger partial charge >= 0.3 is 0 Å². The van der Waals surface area contributed by atoms with Crippen LogP contribution in [0.5, 0.6) is 11.5 Å². The molecule has 1 amide bonds. The molecule has 2 aromatic carbocycles. The summed E-state index contributed by atoms with van der Waals surface area (Å²) >= 11 is 0. The number of nitrogens with zero attached hydrogens (tertiary/aromatic N) is 3. The molecule has 0 bridgehead atoms. The van der Waals surface area contributed by atoms with E-state index in [1.54, 1.807) is 6.20 Å². The van der Waals surface area contributed by atoms with Crippen LogP contribution in [0.1, 0.15) is 10.4 Å². The molecule has 3 aromatic rings. The Balaban J connectivity index is 1.93. The van der Waals surface area contributed by atoms with E-state index in [0.29, 0.717) is 0 Å². The van der Waals surface area contributed by atoms with E-state index in [1.807, 2.05) is 0 Å². The van der Waals surface area contributed by atoms with Crippen molar-refractivity contribution in [1.82, 2.24) is 9.55 Å². The first kappa shape index (κ1) is 18.8. The van der Waals surface area contributed by atoms with E-state index in [9.17, 15) is 19.3 Å². The number of aromatic nitrogens is 2. The lowest BCUT2D eigenvalue weighted by molar-refractivity contribution is -0.385. The van der Waals surface area contributed by atoms with Crippen molar-refractivity contribution in [3.05, 3.63) is 70.5 Å². The third-order valence-electron chi connectivity index (χ3n) is 3.93. The van der Waals surface area contributed by atoms with Crippen molar-refractivity contribution in [1.29, 1.82) is 0 Å². The van der Waals surface area contributed by atoms with Crippen molar-refractivity contribution in [3.8, 4) is 17.2 Å². The largest absolute Gasteiger partial charge is 0.493 e. The first-order valence-corrected chi connectivity index (χ1v) is 7.94. The zero-order chi connectivity index (χ0) is 20.3. The quantitative estimate of drug-likeness (QED) is 0.515. The van der Waals surface area contributed by atoms with Crippen LogP contribution in [0.15, 0.2) is 49.1 Å². The summed E-state index contributed by atoms with van der Waals surface area (Å²) in [4.78, 5) is 27.1. The van der Waals surface area contributed by atoms with E-state index in [1.165, 1.54) is 49.5 Å². The molecule has 0 saturated carbocycles. The van der Waals surface area contributed by atoms with Crippen molar-refractivity contribution in [3.63, 3.8) is 0 Å². The highest BCUT2D eigenvalue weighted by molar-refractivity contribution is 6.07. The van der Waals surface area contributed by atoms with Gasteiger partial charge in [0.2, 0.25) is 0 Å². The Morgan fingerprint density at radius 3 is 2.50 bits per heavy atom. The van der Waals surface area contributed by atoms with Crippen LogP contribution in [-0.2, 0) is 0 Å². The zero-order valence-electron chi connectivity index (χ0n) is 14.9. The second-order valence-electron chi connectivity index (χ2n) is 5.57. The Hall–Kier alpha value is -3.95. The van der Waals surface area contributed by atoms with Crippen LogP contribution in [0.25, 0.3) is 5.69 Å². The zero-order valence-corrected chi connectivity index (χ0v) is 14.9. The highest BCUT2D eigenvalue weighted by Gasteiger charge is 2.25. The molecule has 0 aliphatic rings. The number of nitrogens with one attached hydrogen (secondary N) is 1. The van der Waals surface area contributed by atoms with Gasteiger partial charge in [0.15, 0.2) is 11.5 Å². The van der Waals surface area contributed by atoms with Gasteiger partial charge in [-0.1, -0.05) is 0 Å². The number of benzene rings is 2. The lowest BCUT2D eigenvalue weighted by atomic mass is 10.1. The molecule has 28 heavy (non-hydrogen) atoms. The summed E-state index contributed by atoms with van der Waals surface area (Å²) < 4.78 is 25.9. The molecule has 1 heterocycles. The van der Waals surface area contributed by atoms with E-state index in [0.717, 1.165) is 12.1 Å². The summed E-state index contributed by atoms with van der Waals surface area (Å²) in [5, 5.41) is 13.8. The van der Waals surface area contributed by atoms with Gasteiger partial charge in [0.1, 0.15) is 11.4 Å². The molecular formula is C18H15FN4O5. The fourth-order valence-corrected chi connectivity index (χ4v) is 2.60. The number of carbonyl (C=O) groups excluding carboxylic acids is 1. The maximum atomic E-state index is 14.3. The van der Waals surface area contributed by atoms with E-state index in [4.69, 9.17) is 9.47 Å². The van der Waals surface area contributed by atoms with Gasteiger partial charge in [-0.2, -0.15) is 0 Å². The molecule has 1 aromatic heterocycles. The van der Waals surface area contributed by atoms with Crippen LogP contribution in [0.3, 0.4) is 0 Å². The molecule has 0 aliphatic heterocycles. The van der Waals surface area contributed by atoms with Crippen LogP contribution in [0.4, 0.5) is 15.8 Å². The second-order valence-corrected chi connectivity index (χ2v) is 5.57. The second kappa shape index (κ2) is 7.74. The monoisotopic (exact) mass is 386 g/mol. The van der Waals surface area contributed by atoms with Gasteiger partial charge in [0.25, 0.3) is 11.6 Å². The number of imidazole rings is 1. The summed E-state index contributed by atoms with van der Waals surface area (Å²) in [6.07, 6.45) is 4.51. The summed E-state index contributed by atoms with van der Waals surface area (Å²) in [5.41, 5.74) is -0.338. The molecule has 10 heteroatoms. The minimum atomic E-state index is -0.789. The SMILES string of the molecule is COc1cc(C(=O)Nc2ccc(-n3ccnc3)c(F)c2)c([N+](=O)[O-])cc1OC. The predicted molar refractivity (Wildman–Crippen MR) is 97.7 cm³/mol. The number of halogens is 1. The van der Waals surface area contributed by atoms with Gasteiger partial charge in [0, 0.05) is 24.1 Å². The van der Waals surface area contributed by atoms with Gasteiger partial charge in [-0.25, -0.2) is 9.37 Å². The molecule has 3 rings (SSSR count). The van der Waals surface area contributed by atoms with Crippen LogP contribution < -0.4 is 14.8 Å². The molecular weight excluding hydrogens is 371 g/mol. The van der Waals surface area contributed by atoms with E-state index < -0.39 is 22.3 Å². The number of amides is 1. The van der Waals surface area contributed by atoms with Crippen LogP contribution in [0.2, 0.25) is 0 Å². The Morgan fingerprint density at radius 1 is 1.21 bits per heavy atom. The smallest absolute Gasteiger partial charge is 0.286 e. The lowest BCUT2D eigenvalue weighted by Crippen LogP contribution is -2.15. The molecule has 9 nitrogen and oxygen atoms in total. The molecule has 0 atom stereocenters. The number of carbonyl (C=O) groups is 1. The van der Waals surface area contributed by atoms with Gasteiger partial charge in [0.05, 0.1) is 37.2 Å². The Morgan fingerprint density at radius 2 is 1.93 bits per heavy atom. The number of ether oxygens (including phenoxy) is 2. The third-order valence-corrected chi connectivity index (χ3v) is 3.93. The lowest BCUT2D eigenvalue weighted by Gasteiger charge is -2.11. The Bertz CT molecular complexity index is 1040. The maximum Gasteiger partial charge on any atom is 0.286 e. The number of nitro benzene ring substituents is 1. The standard InChI is InChI=1S/C18H15FN4O5/c1-27-16-8-12(15(23(25)26)9-17(16)28-2)18(24)21-11-3-4-14(13(19)7-11)22-6-5-20-10-22/h3-10H,1-2H3,(H,21,24). The van der Waals surface area contributed by atoms with E-state index in [2.05, 4.69) is 10.3 Å². The number of hydrogen-bond acceptors (Lipinski definition) is 6. The van der Waals surface area contributed by atoms with Crippen LogP contribution in [0, 0.1) is 15.9 Å². The maximum absolute atomic E-state index is 14.3. The van der Waals surface area contributed by atoms with Crippen molar-refractivity contribution < 1.29 is 23.6 Å². The number of anilines is 1. The van der Waals surface area contributed by atoms with Crippen molar-refractivity contribution in [2.45, 2.75) is 0 Å². The third kappa shape index (κ3) is 3.61. The molecule has 0 spiro atoms. The van der Waals surface area contributed by atoms with Crippen LogP contribution in [-0.4, -0.2) is 34.6 Å². The Labute approximate surface area is 158 Å². The van der Waals surface area contributed by atoms with Gasteiger partial charge in [-0.15, -0.1) is 0 Å². The fourth-order valence-electron chi connectivity index (χ4n) is 2.60. The molecule has 0 unspecified atom stereocenters. The van der Waals surface area contributed by atoms with Crippen LogP contribution >= 0.6 is 0 Å². The van der Waals surface area contributed by atoms with Crippen molar-refractivity contribution >= 4 is 17.3 Å². The minimum absolute atomic E-state index is 0.112.